The van der Waals surface area contributed by atoms with Gasteiger partial charge in [-0.15, -0.1) is 0 Å². The van der Waals surface area contributed by atoms with Crippen molar-refractivity contribution in [2.75, 3.05) is 13.2 Å². The Labute approximate surface area is 168 Å². The van der Waals surface area contributed by atoms with Crippen LogP contribution in [0.1, 0.15) is 103 Å². The Kier molecular flexibility index (Phi) is 12.9. The molecule has 0 N–H and O–H groups in total. The molecule has 2 rings (SSSR count). The van der Waals surface area contributed by atoms with Gasteiger partial charge in [-0.2, -0.15) is 0 Å². The highest BCUT2D eigenvalue weighted by molar-refractivity contribution is 4.97. The predicted molar refractivity (Wildman–Crippen MR) is 116 cm³/mol. The summed E-state index contributed by atoms with van der Waals surface area (Å²) in [5.74, 6) is 1.73. The molecular formula is C25H44O2. The lowest BCUT2D eigenvalue weighted by atomic mass is 9.92. The smallest absolute Gasteiger partial charge is 0.157 e. The van der Waals surface area contributed by atoms with Gasteiger partial charge in [-0.05, 0) is 82.5 Å². The number of hydrogen-bond acceptors (Lipinski definition) is 2. The van der Waals surface area contributed by atoms with Crippen molar-refractivity contribution in [3.8, 4) is 0 Å². The molecule has 1 heterocycles. The van der Waals surface area contributed by atoms with Crippen LogP contribution < -0.4 is 0 Å². The van der Waals surface area contributed by atoms with E-state index < -0.39 is 0 Å². The minimum Gasteiger partial charge on any atom is -0.353 e. The summed E-state index contributed by atoms with van der Waals surface area (Å²) >= 11 is 0. The van der Waals surface area contributed by atoms with E-state index in [9.17, 15) is 0 Å². The topological polar surface area (TPSA) is 18.5 Å². The maximum absolute atomic E-state index is 5.80. The van der Waals surface area contributed by atoms with Gasteiger partial charge in [-0.1, -0.05) is 56.9 Å². The molecule has 1 unspecified atom stereocenters. The highest BCUT2D eigenvalue weighted by atomic mass is 16.7. The Morgan fingerprint density at radius 3 is 2.59 bits per heavy atom. The van der Waals surface area contributed by atoms with Crippen LogP contribution >= 0.6 is 0 Å². The van der Waals surface area contributed by atoms with Crippen molar-refractivity contribution in [1.82, 2.24) is 0 Å². The zero-order chi connectivity index (χ0) is 19.0. The molecule has 0 aromatic rings. The summed E-state index contributed by atoms with van der Waals surface area (Å²) in [6, 6.07) is 0. The minimum atomic E-state index is 0.0771. The highest BCUT2D eigenvalue weighted by Crippen LogP contribution is 2.35. The molecule has 0 radical (unpaired) electrons. The zero-order valence-electron chi connectivity index (χ0n) is 17.9. The summed E-state index contributed by atoms with van der Waals surface area (Å²) in [5, 5.41) is 0. The molecule has 0 amide bonds. The Morgan fingerprint density at radius 1 is 0.852 bits per heavy atom. The van der Waals surface area contributed by atoms with E-state index in [1.165, 1.54) is 83.5 Å². The van der Waals surface area contributed by atoms with Crippen LogP contribution in [-0.2, 0) is 9.47 Å². The van der Waals surface area contributed by atoms with Crippen molar-refractivity contribution in [1.29, 1.82) is 0 Å². The van der Waals surface area contributed by atoms with Gasteiger partial charge in [-0.25, -0.2) is 0 Å². The molecule has 2 aliphatic rings. The van der Waals surface area contributed by atoms with Gasteiger partial charge in [0.2, 0.25) is 0 Å². The molecule has 0 bridgehead atoms. The van der Waals surface area contributed by atoms with Gasteiger partial charge in [0.25, 0.3) is 0 Å². The number of hydrogen-bond donors (Lipinski definition) is 0. The molecule has 1 saturated carbocycles. The van der Waals surface area contributed by atoms with Gasteiger partial charge in [0.05, 0.1) is 0 Å². The van der Waals surface area contributed by atoms with E-state index in [-0.39, 0.29) is 6.29 Å². The quantitative estimate of drug-likeness (QED) is 0.230. The fourth-order valence-corrected chi connectivity index (χ4v) is 4.38. The average Bonchev–Trinajstić information content (AvgIpc) is 3.15. The summed E-state index contributed by atoms with van der Waals surface area (Å²) in [4.78, 5) is 0. The van der Waals surface area contributed by atoms with Gasteiger partial charge in [-0.3, -0.25) is 0 Å². The Hall–Kier alpha value is -0.600. The number of ether oxygens (including phenoxy) is 2. The van der Waals surface area contributed by atoms with Gasteiger partial charge in [0.1, 0.15) is 0 Å². The van der Waals surface area contributed by atoms with E-state index in [2.05, 4.69) is 31.2 Å². The van der Waals surface area contributed by atoms with Crippen molar-refractivity contribution in [3.05, 3.63) is 24.3 Å². The molecular weight excluding hydrogens is 332 g/mol. The first-order valence-electron chi connectivity index (χ1n) is 11.9. The Morgan fingerprint density at radius 2 is 1.74 bits per heavy atom. The standard InChI is InChI=1S/C25H44O2/c1-2-3-4-5-7-10-16-23-18-15-19-24(23)17-11-8-6-9-13-21-26-25-20-12-14-22-27-25/h8,10-11,16,23-25H,2-7,9,12-15,17-22H2,1H3/t23-,24-,25?/m0/s1. The first-order valence-corrected chi connectivity index (χ1v) is 11.9. The van der Waals surface area contributed by atoms with Crippen molar-refractivity contribution >= 4 is 0 Å². The van der Waals surface area contributed by atoms with E-state index >= 15 is 0 Å². The maximum Gasteiger partial charge on any atom is 0.157 e. The van der Waals surface area contributed by atoms with E-state index in [0.29, 0.717) is 0 Å². The first-order chi connectivity index (χ1) is 13.4. The monoisotopic (exact) mass is 376 g/mol. The maximum atomic E-state index is 5.80. The van der Waals surface area contributed by atoms with Gasteiger partial charge in [0.15, 0.2) is 6.29 Å². The summed E-state index contributed by atoms with van der Waals surface area (Å²) in [5.41, 5.74) is 0. The second kappa shape index (κ2) is 15.3. The molecule has 27 heavy (non-hydrogen) atoms. The molecule has 0 spiro atoms. The molecule has 1 saturated heterocycles. The minimum absolute atomic E-state index is 0.0771. The SMILES string of the molecule is CCCCCCC=C[C@H]1CCC[C@@H]1CC=CCCCCOC1CCCCO1. The van der Waals surface area contributed by atoms with Crippen molar-refractivity contribution < 1.29 is 9.47 Å². The van der Waals surface area contributed by atoms with Crippen LogP contribution in [0.25, 0.3) is 0 Å². The molecule has 1 aliphatic heterocycles. The lowest BCUT2D eigenvalue weighted by molar-refractivity contribution is -0.162. The summed E-state index contributed by atoms with van der Waals surface area (Å²) in [7, 11) is 0. The van der Waals surface area contributed by atoms with Crippen LogP contribution in [0.4, 0.5) is 0 Å². The Balaban J connectivity index is 1.47. The van der Waals surface area contributed by atoms with Gasteiger partial charge >= 0.3 is 0 Å². The van der Waals surface area contributed by atoms with Crippen molar-refractivity contribution in [2.24, 2.45) is 11.8 Å². The molecule has 2 heteroatoms. The normalized spacial score (nSPS) is 26.5. The number of rotatable bonds is 14. The predicted octanol–water partition coefficient (Wildman–Crippen LogP) is 7.59. The molecule has 3 atom stereocenters. The van der Waals surface area contributed by atoms with E-state index in [4.69, 9.17) is 9.47 Å². The number of allylic oxidation sites excluding steroid dienone is 4. The third-order valence-corrected chi connectivity index (χ3v) is 6.14. The third kappa shape index (κ3) is 10.5. The van der Waals surface area contributed by atoms with E-state index in [1.807, 2.05) is 0 Å². The van der Waals surface area contributed by atoms with Crippen LogP contribution in [0.3, 0.4) is 0 Å². The van der Waals surface area contributed by atoms with E-state index in [0.717, 1.165) is 37.9 Å². The van der Waals surface area contributed by atoms with Crippen LogP contribution in [0.5, 0.6) is 0 Å². The average molecular weight is 377 g/mol. The second-order valence-electron chi connectivity index (χ2n) is 8.50. The van der Waals surface area contributed by atoms with Gasteiger partial charge in [0, 0.05) is 13.2 Å². The van der Waals surface area contributed by atoms with Crippen LogP contribution in [0.15, 0.2) is 24.3 Å². The molecule has 0 aromatic heterocycles. The van der Waals surface area contributed by atoms with Crippen molar-refractivity contribution in [2.45, 2.75) is 110 Å². The summed E-state index contributed by atoms with van der Waals surface area (Å²) < 4.78 is 11.4. The lowest BCUT2D eigenvalue weighted by Gasteiger charge is -2.22. The fraction of sp³-hybridized carbons (Fsp3) is 0.840. The van der Waals surface area contributed by atoms with Gasteiger partial charge < -0.3 is 9.47 Å². The summed E-state index contributed by atoms with van der Waals surface area (Å²) in [6.45, 7) is 4.02. The zero-order valence-corrected chi connectivity index (χ0v) is 17.9. The molecule has 156 valence electrons. The van der Waals surface area contributed by atoms with Crippen LogP contribution in [0.2, 0.25) is 0 Å². The van der Waals surface area contributed by atoms with Crippen LogP contribution in [0, 0.1) is 11.8 Å². The molecule has 2 nitrogen and oxygen atoms in total. The highest BCUT2D eigenvalue weighted by Gasteiger charge is 2.23. The first kappa shape index (κ1) is 22.7. The molecule has 1 aliphatic carbocycles. The lowest BCUT2D eigenvalue weighted by Crippen LogP contribution is -2.22. The summed E-state index contributed by atoms with van der Waals surface area (Å²) in [6.07, 6.45) is 29.4. The van der Waals surface area contributed by atoms with Crippen LogP contribution in [-0.4, -0.2) is 19.5 Å². The van der Waals surface area contributed by atoms with E-state index in [1.54, 1.807) is 0 Å². The number of unbranched alkanes of at least 4 members (excludes halogenated alkanes) is 6. The molecule has 2 fully saturated rings. The fourth-order valence-electron chi connectivity index (χ4n) is 4.38. The Bertz CT molecular complexity index is 395. The molecule has 0 aromatic carbocycles. The largest absolute Gasteiger partial charge is 0.353 e. The second-order valence-corrected chi connectivity index (χ2v) is 8.50. The van der Waals surface area contributed by atoms with Crippen molar-refractivity contribution in [3.63, 3.8) is 0 Å². The third-order valence-electron chi connectivity index (χ3n) is 6.14.